The standard InChI is InChI=1S/C13H16N4O/c1-8-16-11-6-9(14)2-4-12(11)17(8)10-3-5-13(18)15-7-10/h2,4,6,10H,3,5,7,14H2,1H3,(H,15,18). The predicted molar refractivity (Wildman–Crippen MR) is 70.2 cm³/mol. The van der Waals surface area contributed by atoms with E-state index in [0.29, 0.717) is 13.0 Å². The van der Waals surface area contributed by atoms with Crippen molar-refractivity contribution in [2.45, 2.75) is 25.8 Å². The third kappa shape index (κ3) is 1.72. The van der Waals surface area contributed by atoms with Crippen LogP contribution in [-0.2, 0) is 4.79 Å². The molecule has 1 saturated heterocycles. The second-order valence-electron chi connectivity index (χ2n) is 4.77. The highest BCUT2D eigenvalue weighted by atomic mass is 16.1. The van der Waals surface area contributed by atoms with Gasteiger partial charge in [-0.1, -0.05) is 0 Å². The lowest BCUT2D eigenvalue weighted by Crippen LogP contribution is -2.36. The molecule has 5 nitrogen and oxygen atoms in total. The molecule has 18 heavy (non-hydrogen) atoms. The number of nitrogens with zero attached hydrogens (tertiary/aromatic N) is 2. The summed E-state index contributed by atoms with van der Waals surface area (Å²) in [4.78, 5) is 15.8. The van der Waals surface area contributed by atoms with E-state index in [4.69, 9.17) is 5.73 Å². The van der Waals surface area contributed by atoms with E-state index in [9.17, 15) is 4.79 Å². The Morgan fingerprint density at radius 2 is 2.33 bits per heavy atom. The number of carbonyl (C=O) groups excluding carboxylic acids is 1. The van der Waals surface area contributed by atoms with Gasteiger partial charge in [0.05, 0.1) is 17.1 Å². The van der Waals surface area contributed by atoms with Crippen molar-refractivity contribution in [2.24, 2.45) is 0 Å². The number of nitrogens with one attached hydrogen (secondary N) is 1. The van der Waals surface area contributed by atoms with Gasteiger partial charge in [-0.2, -0.15) is 0 Å². The normalized spacial score (nSPS) is 20.1. The van der Waals surface area contributed by atoms with Gasteiger partial charge in [0, 0.05) is 18.7 Å². The van der Waals surface area contributed by atoms with Crippen LogP contribution in [0.1, 0.15) is 24.7 Å². The second kappa shape index (κ2) is 4.01. The summed E-state index contributed by atoms with van der Waals surface area (Å²) in [5, 5.41) is 2.91. The number of rotatable bonds is 1. The average Bonchev–Trinajstić information content (AvgIpc) is 2.65. The van der Waals surface area contributed by atoms with Crippen molar-refractivity contribution >= 4 is 22.6 Å². The number of anilines is 1. The smallest absolute Gasteiger partial charge is 0.220 e. The van der Waals surface area contributed by atoms with Crippen LogP contribution in [0.15, 0.2) is 18.2 Å². The fourth-order valence-corrected chi connectivity index (χ4v) is 2.64. The summed E-state index contributed by atoms with van der Waals surface area (Å²) in [5.74, 6) is 1.11. The molecular formula is C13H16N4O. The van der Waals surface area contributed by atoms with Gasteiger partial charge < -0.3 is 15.6 Å². The first kappa shape index (κ1) is 11.1. The van der Waals surface area contributed by atoms with Gasteiger partial charge in [-0.05, 0) is 31.5 Å². The van der Waals surface area contributed by atoms with Crippen LogP contribution >= 0.6 is 0 Å². The van der Waals surface area contributed by atoms with Gasteiger partial charge in [0.15, 0.2) is 0 Å². The minimum Gasteiger partial charge on any atom is -0.399 e. The molecule has 0 radical (unpaired) electrons. The Kier molecular flexibility index (Phi) is 2.47. The van der Waals surface area contributed by atoms with Gasteiger partial charge in [0.25, 0.3) is 0 Å². The molecule has 1 amide bonds. The molecule has 2 heterocycles. The van der Waals surface area contributed by atoms with Crippen molar-refractivity contribution in [1.82, 2.24) is 14.9 Å². The summed E-state index contributed by atoms with van der Waals surface area (Å²) >= 11 is 0. The number of amides is 1. The first-order valence-corrected chi connectivity index (χ1v) is 6.16. The number of aromatic nitrogens is 2. The van der Waals surface area contributed by atoms with E-state index >= 15 is 0 Å². The van der Waals surface area contributed by atoms with E-state index in [-0.39, 0.29) is 11.9 Å². The van der Waals surface area contributed by atoms with E-state index in [1.54, 1.807) is 0 Å². The number of nitrogens with two attached hydrogens (primary N) is 1. The van der Waals surface area contributed by atoms with Crippen molar-refractivity contribution < 1.29 is 4.79 Å². The zero-order chi connectivity index (χ0) is 12.7. The Hall–Kier alpha value is -2.04. The molecule has 0 bridgehead atoms. The Morgan fingerprint density at radius 3 is 3.06 bits per heavy atom. The molecule has 1 aliphatic heterocycles. The summed E-state index contributed by atoms with van der Waals surface area (Å²) in [6, 6.07) is 6.07. The minimum atomic E-state index is 0.137. The van der Waals surface area contributed by atoms with Crippen molar-refractivity contribution in [2.75, 3.05) is 12.3 Å². The fourth-order valence-electron chi connectivity index (χ4n) is 2.64. The Labute approximate surface area is 105 Å². The van der Waals surface area contributed by atoms with Crippen LogP contribution in [0.5, 0.6) is 0 Å². The number of carbonyl (C=O) groups is 1. The monoisotopic (exact) mass is 244 g/mol. The lowest BCUT2D eigenvalue weighted by atomic mass is 10.1. The van der Waals surface area contributed by atoms with Crippen LogP contribution in [0.25, 0.3) is 11.0 Å². The maximum Gasteiger partial charge on any atom is 0.220 e. The van der Waals surface area contributed by atoms with Gasteiger partial charge in [0.2, 0.25) is 5.91 Å². The predicted octanol–water partition coefficient (Wildman–Crippen LogP) is 1.38. The van der Waals surface area contributed by atoms with Crippen LogP contribution in [0, 0.1) is 6.92 Å². The molecule has 1 aliphatic rings. The fraction of sp³-hybridized carbons (Fsp3) is 0.385. The highest BCUT2D eigenvalue weighted by Crippen LogP contribution is 2.26. The van der Waals surface area contributed by atoms with Crippen LogP contribution < -0.4 is 11.1 Å². The molecule has 0 spiro atoms. The average molecular weight is 244 g/mol. The van der Waals surface area contributed by atoms with E-state index < -0.39 is 0 Å². The molecule has 1 fully saturated rings. The van der Waals surface area contributed by atoms with Crippen LogP contribution in [0.3, 0.4) is 0 Å². The summed E-state index contributed by atoms with van der Waals surface area (Å²) in [5.41, 5.74) is 8.51. The number of hydrogen-bond acceptors (Lipinski definition) is 3. The third-order valence-corrected chi connectivity index (χ3v) is 3.49. The quantitative estimate of drug-likeness (QED) is 0.744. The number of imidazole rings is 1. The van der Waals surface area contributed by atoms with Gasteiger partial charge in [0.1, 0.15) is 5.82 Å². The van der Waals surface area contributed by atoms with E-state index in [2.05, 4.69) is 14.9 Å². The maximum absolute atomic E-state index is 11.2. The molecule has 2 aromatic rings. The zero-order valence-electron chi connectivity index (χ0n) is 10.3. The van der Waals surface area contributed by atoms with Crippen molar-refractivity contribution in [3.63, 3.8) is 0 Å². The highest BCUT2D eigenvalue weighted by molar-refractivity contribution is 5.80. The summed E-state index contributed by atoms with van der Waals surface area (Å²) in [6.45, 7) is 2.67. The first-order chi connectivity index (χ1) is 8.65. The lowest BCUT2D eigenvalue weighted by Gasteiger charge is -2.25. The molecule has 0 saturated carbocycles. The lowest BCUT2D eigenvalue weighted by molar-refractivity contribution is -0.122. The Bertz CT molecular complexity index is 607. The number of hydrogen-bond donors (Lipinski definition) is 2. The molecule has 0 aliphatic carbocycles. The first-order valence-electron chi connectivity index (χ1n) is 6.16. The largest absolute Gasteiger partial charge is 0.399 e. The summed E-state index contributed by atoms with van der Waals surface area (Å²) in [7, 11) is 0. The topological polar surface area (TPSA) is 72.9 Å². The van der Waals surface area contributed by atoms with Crippen molar-refractivity contribution in [1.29, 1.82) is 0 Å². The molecule has 5 heteroatoms. The molecule has 3 rings (SSSR count). The van der Waals surface area contributed by atoms with Crippen LogP contribution in [0.2, 0.25) is 0 Å². The van der Waals surface area contributed by atoms with E-state index in [0.717, 1.165) is 29.0 Å². The molecule has 94 valence electrons. The van der Waals surface area contributed by atoms with Crippen LogP contribution in [-0.4, -0.2) is 22.0 Å². The molecule has 1 aromatic heterocycles. The number of nitrogen functional groups attached to an aromatic ring is 1. The summed E-state index contributed by atoms with van der Waals surface area (Å²) < 4.78 is 2.20. The zero-order valence-corrected chi connectivity index (χ0v) is 10.3. The van der Waals surface area contributed by atoms with E-state index in [1.807, 2.05) is 25.1 Å². The van der Waals surface area contributed by atoms with Gasteiger partial charge >= 0.3 is 0 Å². The van der Waals surface area contributed by atoms with Crippen molar-refractivity contribution in [3.8, 4) is 0 Å². The minimum absolute atomic E-state index is 0.137. The highest BCUT2D eigenvalue weighted by Gasteiger charge is 2.22. The Balaban J connectivity index is 2.05. The SMILES string of the molecule is Cc1nc2cc(N)ccc2n1C1CCC(=O)NC1. The summed E-state index contributed by atoms with van der Waals surface area (Å²) in [6.07, 6.45) is 1.45. The van der Waals surface area contributed by atoms with E-state index in [1.165, 1.54) is 0 Å². The second-order valence-corrected chi connectivity index (χ2v) is 4.77. The van der Waals surface area contributed by atoms with Gasteiger partial charge in [-0.3, -0.25) is 4.79 Å². The Morgan fingerprint density at radius 1 is 1.50 bits per heavy atom. The van der Waals surface area contributed by atoms with Gasteiger partial charge in [-0.15, -0.1) is 0 Å². The molecule has 1 aromatic carbocycles. The number of benzene rings is 1. The van der Waals surface area contributed by atoms with Crippen LogP contribution in [0.4, 0.5) is 5.69 Å². The molecule has 1 atom stereocenters. The maximum atomic E-state index is 11.2. The third-order valence-electron chi connectivity index (χ3n) is 3.49. The number of fused-ring (bicyclic) bond motifs is 1. The number of aryl methyl sites for hydroxylation is 1. The molecular weight excluding hydrogens is 228 g/mol. The van der Waals surface area contributed by atoms with Gasteiger partial charge in [-0.25, -0.2) is 4.98 Å². The number of piperidine rings is 1. The van der Waals surface area contributed by atoms with Crippen molar-refractivity contribution in [3.05, 3.63) is 24.0 Å². The molecule has 3 N–H and O–H groups in total. The molecule has 1 unspecified atom stereocenters.